The van der Waals surface area contributed by atoms with Gasteiger partial charge in [0.1, 0.15) is 5.60 Å². The third-order valence-corrected chi connectivity index (χ3v) is 4.76. The van der Waals surface area contributed by atoms with Crippen molar-refractivity contribution < 1.29 is 5.11 Å². The van der Waals surface area contributed by atoms with Gasteiger partial charge in [-0.25, -0.2) is 4.99 Å². The fourth-order valence-corrected chi connectivity index (χ4v) is 3.16. The van der Waals surface area contributed by atoms with E-state index in [0.717, 1.165) is 31.6 Å². The summed E-state index contributed by atoms with van der Waals surface area (Å²) in [5, 5.41) is 22.7. The molecule has 2 aromatic heterocycles. The third kappa shape index (κ3) is 6.20. The molecule has 1 atom stereocenters. The van der Waals surface area contributed by atoms with E-state index in [-0.39, 0.29) is 30.5 Å². The first-order valence-corrected chi connectivity index (χ1v) is 9.77. The summed E-state index contributed by atoms with van der Waals surface area (Å²) in [5.41, 5.74) is 0.963. The van der Waals surface area contributed by atoms with Crippen LogP contribution in [0.15, 0.2) is 53.9 Å². The van der Waals surface area contributed by atoms with E-state index in [4.69, 9.17) is 0 Å². The molecule has 0 aliphatic rings. The number of hydrogen-bond acceptors (Lipinski definition) is 3. The summed E-state index contributed by atoms with van der Waals surface area (Å²) in [4.78, 5) is 4.56. The number of para-hydroxylation sites is 1. The summed E-state index contributed by atoms with van der Waals surface area (Å²) >= 11 is 0. The molecule has 0 radical (unpaired) electrons. The zero-order valence-corrected chi connectivity index (χ0v) is 19.6. The molecule has 3 aromatic rings. The topological polar surface area (TPSA) is 79.4 Å². The normalized spacial score (nSPS) is 13.7. The highest BCUT2D eigenvalue weighted by Gasteiger charge is 2.24. The van der Waals surface area contributed by atoms with Crippen molar-refractivity contribution in [2.24, 2.45) is 12.0 Å². The van der Waals surface area contributed by atoms with Crippen LogP contribution in [0.3, 0.4) is 0 Å². The Morgan fingerprint density at radius 2 is 2.03 bits per heavy atom. The van der Waals surface area contributed by atoms with Crippen LogP contribution in [0.25, 0.3) is 10.9 Å². The number of fused-ring (bicyclic) bond motifs is 1. The van der Waals surface area contributed by atoms with Crippen molar-refractivity contribution in [1.29, 1.82) is 0 Å². The average Bonchev–Trinajstić information content (AvgIpc) is 3.30. The molecule has 0 saturated heterocycles. The molecule has 2 heterocycles. The lowest BCUT2D eigenvalue weighted by Gasteiger charge is -2.20. The second-order valence-electron chi connectivity index (χ2n) is 7.22. The van der Waals surface area contributed by atoms with Crippen molar-refractivity contribution in [1.82, 2.24) is 25.0 Å². The molecule has 29 heavy (non-hydrogen) atoms. The second-order valence-corrected chi connectivity index (χ2v) is 7.22. The van der Waals surface area contributed by atoms with E-state index in [9.17, 15) is 5.11 Å². The minimum Gasteiger partial charge on any atom is -0.383 e. The van der Waals surface area contributed by atoms with Crippen LogP contribution in [-0.4, -0.2) is 45.0 Å². The minimum absolute atomic E-state index is 0. The van der Waals surface area contributed by atoms with Crippen molar-refractivity contribution >= 4 is 40.8 Å². The number of rotatable bonds is 8. The number of aromatic nitrogens is 3. The smallest absolute Gasteiger partial charge is 0.191 e. The van der Waals surface area contributed by atoms with Crippen LogP contribution in [0.4, 0.5) is 0 Å². The molecule has 7 nitrogen and oxygen atoms in total. The largest absolute Gasteiger partial charge is 0.383 e. The zero-order valence-electron chi connectivity index (χ0n) is 17.3. The van der Waals surface area contributed by atoms with E-state index in [0.29, 0.717) is 5.96 Å². The van der Waals surface area contributed by atoms with Gasteiger partial charge in [-0.2, -0.15) is 5.10 Å². The Balaban J connectivity index is 0.00000300. The maximum Gasteiger partial charge on any atom is 0.191 e. The lowest BCUT2D eigenvalue weighted by molar-refractivity contribution is 0.0672. The molecule has 1 aromatic carbocycles. The number of hydrogen-bond donors (Lipinski definition) is 3. The van der Waals surface area contributed by atoms with E-state index in [1.54, 1.807) is 17.8 Å². The minimum atomic E-state index is -1.05. The molecule has 0 spiro atoms. The first-order valence-electron chi connectivity index (χ1n) is 9.77. The molecule has 1 unspecified atom stereocenters. The number of guanidine groups is 1. The quantitative estimate of drug-likeness (QED) is 0.189. The zero-order chi connectivity index (χ0) is 20.0. The number of halogens is 1. The Morgan fingerprint density at radius 1 is 1.24 bits per heavy atom. The van der Waals surface area contributed by atoms with Crippen LogP contribution in [0.5, 0.6) is 0 Å². The molecule has 158 valence electrons. The van der Waals surface area contributed by atoms with Gasteiger partial charge in [-0.3, -0.25) is 4.68 Å². The van der Waals surface area contributed by atoms with E-state index >= 15 is 0 Å². The summed E-state index contributed by atoms with van der Waals surface area (Å²) in [6.07, 6.45) is 6.60. The van der Waals surface area contributed by atoms with Crippen molar-refractivity contribution in [3.63, 3.8) is 0 Å². The molecular formula is C21H31IN6O. The molecule has 0 bridgehead atoms. The van der Waals surface area contributed by atoms with E-state index in [1.165, 1.54) is 10.9 Å². The number of aliphatic imine (C=N–C) groups is 1. The summed E-state index contributed by atoms with van der Waals surface area (Å²) < 4.78 is 3.95. The monoisotopic (exact) mass is 510 g/mol. The predicted molar refractivity (Wildman–Crippen MR) is 129 cm³/mol. The highest BCUT2D eigenvalue weighted by molar-refractivity contribution is 14.0. The van der Waals surface area contributed by atoms with Gasteiger partial charge in [0.25, 0.3) is 0 Å². The molecule has 0 saturated carbocycles. The number of benzene rings is 1. The fraction of sp³-hybridized carbons (Fsp3) is 0.429. The van der Waals surface area contributed by atoms with Crippen molar-refractivity contribution in [3.8, 4) is 0 Å². The lowest BCUT2D eigenvalue weighted by Crippen LogP contribution is -2.39. The Morgan fingerprint density at radius 3 is 2.76 bits per heavy atom. The average molecular weight is 510 g/mol. The van der Waals surface area contributed by atoms with Crippen LogP contribution in [-0.2, 0) is 19.2 Å². The van der Waals surface area contributed by atoms with Crippen LogP contribution < -0.4 is 10.6 Å². The first-order chi connectivity index (χ1) is 13.5. The summed E-state index contributed by atoms with van der Waals surface area (Å²) in [7, 11) is 1.84. The van der Waals surface area contributed by atoms with Crippen molar-refractivity contribution in [2.75, 3.05) is 19.6 Å². The van der Waals surface area contributed by atoms with Gasteiger partial charge >= 0.3 is 0 Å². The molecule has 3 rings (SSSR count). The molecule has 0 amide bonds. The van der Waals surface area contributed by atoms with E-state index in [1.807, 2.05) is 20.2 Å². The summed E-state index contributed by atoms with van der Waals surface area (Å²) in [6, 6.07) is 10.6. The fourth-order valence-electron chi connectivity index (χ4n) is 3.16. The standard InChI is InChI=1S/C21H30N6O.HI/c1-4-22-20(24-16-21(2,28)18-14-25-26(3)15-18)23-11-7-12-27-13-10-17-8-5-6-9-19(17)27;/h5-6,8-10,13-15,28H,4,7,11-12,16H2,1-3H3,(H2,22,23,24);1H. The van der Waals surface area contributed by atoms with Crippen LogP contribution in [0.1, 0.15) is 25.8 Å². The van der Waals surface area contributed by atoms with Gasteiger partial charge < -0.3 is 20.3 Å². The first kappa shape index (κ1) is 23.2. The van der Waals surface area contributed by atoms with Crippen molar-refractivity contribution in [2.45, 2.75) is 32.4 Å². The maximum atomic E-state index is 10.7. The number of nitrogens with zero attached hydrogens (tertiary/aromatic N) is 4. The van der Waals surface area contributed by atoms with Crippen molar-refractivity contribution in [3.05, 3.63) is 54.5 Å². The van der Waals surface area contributed by atoms with Gasteiger partial charge in [0.15, 0.2) is 5.96 Å². The number of aliphatic hydroxyl groups is 1. The molecule has 3 N–H and O–H groups in total. The number of nitrogens with one attached hydrogen (secondary N) is 2. The molecule has 0 fully saturated rings. The predicted octanol–water partition coefficient (Wildman–Crippen LogP) is 2.85. The summed E-state index contributed by atoms with van der Waals surface area (Å²) in [5.74, 6) is 0.712. The lowest BCUT2D eigenvalue weighted by atomic mass is 10.0. The van der Waals surface area contributed by atoms with E-state index in [2.05, 4.69) is 61.8 Å². The molecule has 0 aliphatic heterocycles. The summed E-state index contributed by atoms with van der Waals surface area (Å²) in [6.45, 7) is 6.55. The molecular weight excluding hydrogens is 479 g/mol. The Labute approximate surface area is 189 Å². The van der Waals surface area contributed by atoms with Crippen LogP contribution >= 0.6 is 24.0 Å². The van der Waals surface area contributed by atoms with Crippen LogP contribution in [0.2, 0.25) is 0 Å². The Bertz CT molecular complexity index is 930. The Hall–Kier alpha value is -2.07. The highest BCUT2D eigenvalue weighted by Crippen LogP contribution is 2.20. The van der Waals surface area contributed by atoms with Gasteiger partial charge in [0, 0.05) is 50.2 Å². The van der Waals surface area contributed by atoms with E-state index < -0.39 is 5.60 Å². The number of aryl methyl sites for hydroxylation is 2. The Kier molecular flexibility index (Phi) is 8.51. The van der Waals surface area contributed by atoms with Gasteiger partial charge in [0.05, 0.1) is 12.7 Å². The van der Waals surface area contributed by atoms with Gasteiger partial charge in [0.2, 0.25) is 0 Å². The SMILES string of the molecule is CCNC(=NCC(C)(O)c1cnn(C)c1)NCCCn1ccc2ccccc21.I. The van der Waals surface area contributed by atoms with Gasteiger partial charge in [-0.15, -0.1) is 24.0 Å². The molecule has 0 aliphatic carbocycles. The third-order valence-electron chi connectivity index (χ3n) is 4.76. The van der Waals surface area contributed by atoms with Crippen LogP contribution in [0, 0.1) is 0 Å². The highest BCUT2D eigenvalue weighted by atomic mass is 127. The van der Waals surface area contributed by atoms with Gasteiger partial charge in [-0.05, 0) is 37.8 Å². The maximum absolute atomic E-state index is 10.7. The molecule has 8 heteroatoms. The van der Waals surface area contributed by atoms with Gasteiger partial charge in [-0.1, -0.05) is 18.2 Å². The second kappa shape index (κ2) is 10.6.